The number of carbonyl (C=O) groups excluding carboxylic acids is 2. The summed E-state index contributed by atoms with van der Waals surface area (Å²) >= 11 is 1.56. The lowest BCUT2D eigenvalue weighted by Crippen LogP contribution is -2.41. The first-order valence-electron chi connectivity index (χ1n) is 9.37. The van der Waals surface area contributed by atoms with Crippen LogP contribution in [-0.2, 0) is 20.7 Å². The zero-order chi connectivity index (χ0) is 18.3. The van der Waals surface area contributed by atoms with Gasteiger partial charge in [-0.15, -0.1) is 11.3 Å². The Bertz CT molecular complexity index is 705. The molecule has 3 saturated heterocycles. The second-order valence-corrected chi connectivity index (χ2v) is 8.74. The summed E-state index contributed by atoms with van der Waals surface area (Å²) in [4.78, 5) is 28.5. The predicted octanol–water partition coefficient (Wildman–Crippen LogP) is 1.69. The Morgan fingerprint density at radius 1 is 1.46 bits per heavy atom. The molecule has 0 radical (unpaired) electrons. The maximum Gasteiger partial charge on any atom is 0.261 e. The molecule has 0 aromatic carbocycles. The molecule has 26 heavy (non-hydrogen) atoms. The SMILES string of the molecule is CCc1ccc(C(=O)NC[C@H]2[C@H]3CN(C(=O)COC)C[C@]34CC[C@H]2O4)s1. The molecule has 142 valence electrons. The Morgan fingerprint density at radius 3 is 3.04 bits per heavy atom. The summed E-state index contributed by atoms with van der Waals surface area (Å²) < 4.78 is 11.3. The van der Waals surface area contributed by atoms with Gasteiger partial charge in [-0.25, -0.2) is 0 Å². The lowest BCUT2D eigenvalue weighted by atomic mass is 9.73. The molecule has 1 N–H and O–H groups in total. The number of nitrogens with zero attached hydrogens (tertiary/aromatic N) is 1. The van der Waals surface area contributed by atoms with Gasteiger partial charge in [-0.2, -0.15) is 0 Å². The second kappa shape index (κ2) is 6.94. The topological polar surface area (TPSA) is 67.9 Å². The number of likely N-dealkylation sites (tertiary alicyclic amines) is 1. The number of amides is 2. The van der Waals surface area contributed by atoms with Crippen LogP contribution in [-0.4, -0.2) is 61.8 Å². The van der Waals surface area contributed by atoms with Crippen LogP contribution in [0.4, 0.5) is 0 Å². The van der Waals surface area contributed by atoms with Crippen molar-refractivity contribution in [3.63, 3.8) is 0 Å². The maximum atomic E-state index is 12.5. The summed E-state index contributed by atoms with van der Waals surface area (Å²) in [6.07, 6.45) is 3.18. The first-order chi connectivity index (χ1) is 12.6. The molecular weight excluding hydrogens is 352 g/mol. The molecule has 1 aromatic heterocycles. The summed E-state index contributed by atoms with van der Waals surface area (Å²) in [7, 11) is 1.54. The molecule has 4 heterocycles. The predicted molar refractivity (Wildman–Crippen MR) is 98.3 cm³/mol. The van der Waals surface area contributed by atoms with Crippen molar-refractivity contribution in [3.05, 3.63) is 21.9 Å². The smallest absolute Gasteiger partial charge is 0.261 e. The fourth-order valence-corrected chi connectivity index (χ4v) is 5.72. The van der Waals surface area contributed by atoms with Crippen LogP contribution in [0.2, 0.25) is 0 Å². The summed E-state index contributed by atoms with van der Waals surface area (Å²) in [6, 6.07) is 3.92. The molecule has 7 heteroatoms. The zero-order valence-corrected chi connectivity index (χ0v) is 16.1. The van der Waals surface area contributed by atoms with Gasteiger partial charge in [0.1, 0.15) is 6.61 Å². The molecule has 3 aliphatic rings. The van der Waals surface area contributed by atoms with Crippen molar-refractivity contribution in [2.75, 3.05) is 33.4 Å². The van der Waals surface area contributed by atoms with Crippen molar-refractivity contribution in [1.29, 1.82) is 0 Å². The Labute approximate surface area is 157 Å². The highest BCUT2D eigenvalue weighted by molar-refractivity contribution is 7.14. The Hall–Kier alpha value is -1.44. The van der Waals surface area contributed by atoms with E-state index in [1.807, 2.05) is 17.0 Å². The van der Waals surface area contributed by atoms with E-state index >= 15 is 0 Å². The van der Waals surface area contributed by atoms with Crippen LogP contribution in [0.3, 0.4) is 0 Å². The first-order valence-corrected chi connectivity index (χ1v) is 10.2. The number of carbonyl (C=O) groups is 2. The van der Waals surface area contributed by atoms with Crippen LogP contribution >= 0.6 is 11.3 Å². The van der Waals surface area contributed by atoms with Crippen LogP contribution < -0.4 is 5.32 Å². The van der Waals surface area contributed by atoms with Crippen molar-refractivity contribution in [2.24, 2.45) is 11.8 Å². The normalized spacial score (nSPS) is 32.1. The average Bonchev–Trinajstić information content (AvgIpc) is 3.38. The molecule has 4 atom stereocenters. The van der Waals surface area contributed by atoms with Gasteiger partial charge in [0, 0.05) is 36.9 Å². The molecule has 4 rings (SSSR count). The van der Waals surface area contributed by atoms with Gasteiger partial charge in [0.2, 0.25) is 5.91 Å². The first kappa shape index (κ1) is 17.9. The molecule has 0 unspecified atom stereocenters. The van der Waals surface area contributed by atoms with E-state index in [-0.39, 0.29) is 36.0 Å². The van der Waals surface area contributed by atoms with Gasteiger partial charge in [-0.3, -0.25) is 9.59 Å². The average molecular weight is 378 g/mol. The zero-order valence-electron chi connectivity index (χ0n) is 15.3. The van der Waals surface area contributed by atoms with Crippen molar-refractivity contribution < 1.29 is 19.1 Å². The standard InChI is InChI=1S/C19H26N2O4S/c1-3-12-4-5-16(26-12)18(23)20-8-13-14-9-21(17(22)10-24-2)11-19(14)7-6-15(13)25-19/h4-5,13-15H,3,6-11H2,1-2H3,(H,20,23)/t13-,14+,15+,19+/m0/s1. The minimum atomic E-state index is -0.207. The molecule has 2 bridgehead atoms. The second-order valence-electron chi connectivity index (χ2n) is 7.57. The number of aryl methyl sites for hydroxylation is 1. The molecule has 1 spiro atoms. The van der Waals surface area contributed by atoms with E-state index in [4.69, 9.17) is 9.47 Å². The van der Waals surface area contributed by atoms with E-state index in [0.717, 1.165) is 24.1 Å². The maximum absolute atomic E-state index is 12.5. The van der Waals surface area contributed by atoms with Gasteiger partial charge >= 0.3 is 0 Å². The van der Waals surface area contributed by atoms with Crippen LogP contribution in [0.5, 0.6) is 0 Å². The molecule has 0 saturated carbocycles. The summed E-state index contributed by atoms with van der Waals surface area (Å²) in [5, 5.41) is 3.11. The fraction of sp³-hybridized carbons (Fsp3) is 0.684. The Kier molecular flexibility index (Phi) is 4.79. The largest absolute Gasteiger partial charge is 0.375 e. The quantitative estimate of drug-likeness (QED) is 0.818. The van der Waals surface area contributed by atoms with Crippen LogP contribution in [0.1, 0.15) is 34.3 Å². The number of fused-ring (bicyclic) bond motifs is 1. The summed E-state index contributed by atoms with van der Waals surface area (Å²) in [5.41, 5.74) is -0.207. The highest BCUT2D eigenvalue weighted by atomic mass is 32.1. The van der Waals surface area contributed by atoms with Crippen molar-refractivity contribution in [3.8, 4) is 0 Å². The minimum Gasteiger partial charge on any atom is -0.375 e. The molecule has 2 amide bonds. The van der Waals surface area contributed by atoms with Crippen molar-refractivity contribution in [1.82, 2.24) is 10.2 Å². The molecule has 6 nitrogen and oxygen atoms in total. The Morgan fingerprint density at radius 2 is 2.31 bits per heavy atom. The number of ether oxygens (including phenoxy) is 2. The molecule has 3 fully saturated rings. The van der Waals surface area contributed by atoms with Crippen molar-refractivity contribution >= 4 is 23.2 Å². The lowest BCUT2D eigenvalue weighted by Gasteiger charge is -2.29. The van der Waals surface area contributed by atoms with Crippen molar-refractivity contribution in [2.45, 2.75) is 37.9 Å². The van der Waals surface area contributed by atoms with Gasteiger partial charge in [0.15, 0.2) is 0 Å². The van der Waals surface area contributed by atoms with Crippen LogP contribution in [0.25, 0.3) is 0 Å². The van der Waals surface area contributed by atoms with Gasteiger partial charge < -0.3 is 19.7 Å². The molecule has 3 aliphatic heterocycles. The minimum absolute atomic E-state index is 0.00293. The number of nitrogens with one attached hydrogen (secondary N) is 1. The number of thiophene rings is 1. The summed E-state index contributed by atoms with van der Waals surface area (Å²) in [6.45, 7) is 4.19. The van der Waals surface area contributed by atoms with Gasteiger partial charge in [-0.05, 0) is 31.4 Å². The summed E-state index contributed by atoms with van der Waals surface area (Å²) in [5.74, 6) is 0.601. The van der Waals surface area contributed by atoms with E-state index in [1.54, 1.807) is 18.4 Å². The van der Waals surface area contributed by atoms with Gasteiger partial charge in [0.05, 0.1) is 23.1 Å². The lowest BCUT2D eigenvalue weighted by molar-refractivity contribution is -0.135. The molecule has 1 aromatic rings. The third kappa shape index (κ3) is 2.96. The van der Waals surface area contributed by atoms with Crippen LogP contribution in [0, 0.1) is 11.8 Å². The van der Waals surface area contributed by atoms with Crippen LogP contribution in [0.15, 0.2) is 12.1 Å². The molecular formula is C19H26N2O4S. The van der Waals surface area contributed by atoms with E-state index < -0.39 is 0 Å². The van der Waals surface area contributed by atoms with E-state index in [2.05, 4.69) is 12.2 Å². The monoisotopic (exact) mass is 378 g/mol. The highest BCUT2D eigenvalue weighted by Crippen LogP contribution is 2.54. The number of hydrogen-bond acceptors (Lipinski definition) is 5. The number of methoxy groups -OCH3 is 1. The fourth-order valence-electron chi connectivity index (χ4n) is 4.86. The Balaban J connectivity index is 1.40. The van der Waals surface area contributed by atoms with E-state index in [9.17, 15) is 9.59 Å². The third-order valence-electron chi connectivity index (χ3n) is 6.14. The van der Waals surface area contributed by atoms with E-state index in [1.165, 1.54) is 4.88 Å². The number of rotatable bonds is 6. The molecule has 0 aliphatic carbocycles. The van der Waals surface area contributed by atoms with Gasteiger partial charge in [0.25, 0.3) is 5.91 Å². The van der Waals surface area contributed by atoms with Gasteiger partial charge in [-0.1, -0.05) is 6.92 Å². The third-order valence-corrected chi connectivity index (χ3v) is 7.36. The number of hydrogen-bond donors (Lipinski definition) is 1. The van der Waals surface area contributed by atoms with E-state index in [0.29, 0.717) is 25.6 Å². The highest BCUT2D eigenvalue weighted by Gasteiger charge is 2.63.